The number of amides is 2. The van der Waals surface area contributed by atoms with E-state index in [1.165, 1.54) is 25.3 Å². The quantitative estimate of drug-likeness (QED) is 0.515. The number of ether oxygens (including phenoxy) is 2. The third-order valence-electron chi connectivity index (χ3n) is 3.06. The number of carbonyl (C=O) groups is 3. The molecule has 2 rings (SSSR count). The maximum absolute atomic E-state index is 12.1. The number of hydrogen-bond donors (Lipinski definition) is 3. The lowest BCUT2D eigenvalue weighted by Crippen LogP contribution is -2.22. The van der Waals surface area contributed by atoms with Crippen LogP contribution < -0.4 is 21.5 Å². The molecule has 0 spiro atoms. The number of anilines is 2. The molecule has 5 N–H and O–H groups in total. The van der Waals surface area contributed by atoms with E-state index in [4.69, 9.17) is 32.5 Å². The normalized spacial score (nSPS) is 10.2. The van der Waals surface area contributed by atoms with Crippen LogP contribution in [0.5, 0.6) is 5.75 Å². The minimum atomic E-state index is -0.810. The van der Waals surface area contributed by atoms with Gasteiger partial charge in [-0.05, 0) is 17.5 Å². The summed E-state index contributed by atoms with van der Waals surface area (Å²) >= 11 is 7.00. The van der Waals surface area contributed by atoms with Crippen LogP contribution in [0.3, 0.4) is 0 Å². The Kier molecular flexibility index (Phi) is 5.84. The van der Waals surface area contributed by atoms with Crippen molar-refractivity contribution in [1.82, 2.24) is 0 Å². The summed E-state index contributed by atoms with van der Waals surface area (Å²) in [6.45, 7) is -0.569. The largest absolute Gasteiger partial charge is 0.496 e. The number of primary amides is 1. The first kappa shape index (κ1) is 18.6. The lowest BCUT2D eigenvalue weighted by molar-refractivity contribution is -0.119. The van der Waals surface area contributed by atoms with E-state index < -0.39 is 24.4 Å². The van der Waals surface area contributed by atoms with Crippen LogP contribution in [0.2, 0.25) is 5.02 Å². The molecule has 0 saturated carbocycles. The fraction of sp³-hybridized carbons (Fsp3) is 0.133. The maximum atomic E-state index is 12.1. The minimum absolute atomic E-state index is 0.0310. The Hall–Kier alpha value is -2.78. The second kappa shape index (κ2) is 7.86. The number of esters is 1. The van der Waals surface area contributed by atoms with Gasteiger partial charge in [0.15, 0.2) is 6.61 Å². The molecule has 1 aromatic carbocycles. The molecular weight excluding hydrogens is 370 g/mol. The van der Waals surface area contributed by atoms with Gasteiger partial charge in [0.1, 0.15) is 16.3 Å². The number of hydrogen-bond acceptors (Lipinski definition) is 7. The maximum Gasteiger partial charge on any atom is 0.342 e. The van der Waals surface area contributed by atoms with Crippen LogP contribution in [0.15, 0.2) is 23.6 Å². The molecule has 10 heteroatoms. The number of nitrogen functional groups attached to an aromatic ring is 1. The van der Waals surface area contributed by atoms with Crippen molar-refractivity contribution in [2.45, 2.75) is 0 Å². The van der Waals surface area contributed by atoms with Crippen LogP contribution in [0, 0.1) is 0 Å². The topological polar surface area (TPSA) is 134 Å². The number of rotatable bonds is 6. The Morgan fingerprint density at radius 2 is 2.00 bits per heavy atom. The van der Waals surface area contributed by atoms with Crippen molar-refractivity contribution >= 4 is 51.4 Å². The lowest BCUT2D eigenvalue weighted by Gasteiger charge is -2.11. The van der Waals surface area contributed by atoms with Crippen LogP contribution >= 0.6 is 22.9 Å². The number of benzene rings is 1. The monoisotopic (exact) mass is 383 g/mol. The standard InChI is InChI=1S/C15H14ClN3O5S/c1-23-11-5-10(17)9(16)4-8(11)15(22)24-6-12(20)19-14-7(13(18)21)2-3-25-14/h2-5H,6,17H2,1H3,(H2,18,21)(H,19,20). The predicted molar refractivity (Wildman–Crippen MR) is 94.2 cm³/mol. The predicted octanol–water partition coefficient (Wildman–Crippen LogP) is 1.89. The van der Waals surface area contributed by atoms with E-state index in [0.717, 1.165) is 11.3 Å². The van der Waals surface area contributed by atoms with Gasteiger partial charge in [-0.3, -0.25) is 9.59 Å². The van der Waals surface area contributed by atoms with Crippen molar-refractivity contribution in [3.8, 4) is 5.75 Å². The molecule has 132 valence electrons. The van der Waals surface area contributed by atoms with Gasteiger partial charge in [-0.15, -0.1) is 11.3 Å². The summed E-state index contributed by atoms with van der Waals surface area (Å²) in [5, 5.41) is 4.49. The van der Waals surface area contributed by atoms with Gasteiger partial charge in [0.05, 0.1) is 23.4 Å². The SMILES string of the molecule is COc1cc(N)c(Cl)cc1C(=O)OCC(=O)Nc1sccc1C(N)=O. The number of nitrogens with one attached hydrogen (secondary N) is 1. The molecule has 8 nitrogen and oxygen atoms in total. The molecular formula is C15H14ClN3O5S. The highest BCUT2D eigenvalue weighted by atomic mass is 35.5. The van der Waals surface area contributed by atoms with E-state index in [1.54, 1.807) is 5.38 Å². The first-order chi connectivity index (χ1) is 11.8. The van der Waals surface area contributed by atoms with E-state index >= 15 is 0 Å². The molecule has 2 aromatic rings. The molecule has 1 aromatic heterocycles. The van der Waals surface area contributed by atoms with Crippen LogP contribution in [0.1, 0.15) is 20.7 Å². The third kappa shape index (κ3) is 4.40. The summed E-state index contributed by atoms with van der Waals surface area (Å²) in [5.74, 6) is -1.94. The van der Waals surface area contributed by atoms with Gasteiger partial charge in [0.25, 0.3) is 11.8 Å². The summed E-state index contributed by atoms with van der Waals surface area (Å²) in [6, 6.07) is 4.15. The molecule has 0 radical (unpaired) electrons. The van der Waals surface area contributed by atoms with E-state index in [9.17, 15) is 14.4 Å². The highest BCUT2D eigenvalue weighted by Gasteiger charge is 2.18. The zero-order valence-corrected chi connectivity index (χ0v) is 14.6. The minimum Gasteiger partial charge on any atom is -0.496 e. The summed E-state index contributed by atoms with van der Waals surface area (Å²) in [7, 11) is 1.36. The van der Waals surface area contributed by atoms with E-state index in [1.807, 2.05) is 0 Å². The van der Waals surface area contributed by atoms with Gasteiger partial charge in [0, 0.05) is 6.07 Å². The van der Waals surface area contributed by atoms with E-state index in [-0.39, 0.29) is 32.6 Å². The van der Waals surface area contributed by atoms with Gasteiger partial charge in [-0.2, -0.15) is 0 Å². The number of nitrogens with two attached hydrogens (primary N) is 2. The summed E-state index contributed by atoms with van der Waals surface area (Å²) < 4.78 is 9.98. The molecule has 0 aliphatic carbocycles. The van der Waals surface area contributed by atoms with Crippen LogP contribution in [-0.2, 0) is 9.53 Å². The summed E-state index contributed by atoms with van der Waals surface area (Å²) in [4.78, 5) is 35.2. The van der Waals surface area contributed by atoms with Crippen molar-refractivity contribution in [1.29, 1.82) is 0 Å². The number of carbonyl (C=O) groups excluding carboxylic acids is 3. The molecule has 0 aliphatic heterocycles. The zero-order chi connectivity index (χ0) is 18.6. The van der Waals surface area contributed by atoms with Crippen molar-refractivity contribution in [3.05, 3.63) is 39.7 Å². The van der Waals surface area contributed by atoms with Gasteiger partial charge in [0.2, 0.25) is 0 Å². The molecule has 0 aliphatic rings. The molecule has 0 saturated heterocycles. The van der Waals surface area contributed by atoms with Crippen LogP contribution in [0.25, 0.3) is 0 Å². The second-order valence-electron chi connectivity index (χ2n) is 4.73. The molecule has 0 bridgehead atoms. The van der Waals surface area contributed by atoms with Gasteiger partial charge in [-0.1, -0.05) is 11.6 Å². The summed E-state index contributed by atoms with van der Waals surface area (Å²) in [5.41, 5.74) is 11.3. The molecule has 0 fully saturated rings. The van der Waals surface area contributed by atoms with Crippen molar-refractivity contribution in [3.63, 3.8) is 0 Å². The number of halogens is 1. The highest BCUT2D eigenvalue weighted by molar-refractivity contribution is 7.14. The molecule has 2 amide bonds. The Bertz CT molecular complexity index is 837. The van der Waals surface area contributed by atoms with E-state index in [2.05, 4.69) is 5.32 Å². The van der Waals surface area contributed by atoms with Gasteiger partial charge >= 0.3 is 5.97 Å². The van der Waals surface area contributed by atoms with Gasteiger partial charge in [-0.25, -0.2) is 4.79 Å². The van der Waals surface area contributed by atoms with E-state index in [0.29, 0.717) is 0 Å². The average molecular weight is 384 g/mol. The van der Waals surface area contributed by atoms with Crippen LogP contribution in [0.4, 0.5) is 10.7 Å². The van der Waals surface area contributed by atoms with Crippen molar-refractivity contribution in [2.24, 2.45) is 5.73 Å². The molecule has 0 atom stereocenters. The fourth-order valence-corrected chi connectivity index (χ4v) is 2.84. The van der Waals surface area contributed by atoms with Crippen molar-refractivity contribution < 1.29 is 23.9 Å². The average Bonchev–Trinajstić information content (AvgIpc) is 3.03. The number of methoxy groups -OCH3 is 1. The highest BCUT2D eigenvalue weighted by Crippen LogP contribution is 2.29. The fourth-order valence-electron chi connectivity index (χ4n) is 1.87. The van der Waals surface area contributed by atoms with Crippen LogP contribution in [-0.4, -0.2) is 31.5 Å². The first-order valence-electron chi connectivity index (χ1n) is 6.80. The first-order valence-corrected chi connectivity index (χ1v) is 8.06. The Morgan fingerprint density at radius 1 is 1.28 bits per heavy atom. The Labute approximate surface area is 151 Å². The zero-order valence-electron chi connectivity index (χ0n) is 13.0. The Balaban J connectivity index is 2.02. The summed E-state index contributed by atoms with van der Waals surface area (Å²) in [6.07, 6.45) is 0. The molecule has 25 heavy (non-hydrogen) atoms. The Morgan fingerprint density at radius 3 is 2.64 bits per heavy atom. The third-order valence-corrected chi connectivity index (χ3v) is 4.21. The van der Waals surface area contributed by atoms with Gasteiger partial charge < -0.3 is 26.3 Å². The second-order valence-corrected chi connectivity index (χ2v) is 6.05. The van der Waals surface area contributed by atoms with Crippen molar-refractivity contribution in [2.75, 3.05) is 24.8 Å². The molecule has 1 heterocycles. The number of thiophene rings is 1. The smallest absolute Gasteiger partial charge is 0.342 e. The molecule has 0 unspecified atom stereocenters. The lowest BCUT2D eigenvalue weighted by atomic mass is 10.2.